The second kappa shape index (κ2) is 6.66. The second-order valence-electron chi connectivity index (χ2n) is 4.98. The van der Waals surface area contributed by atoms with Crippen molar-refractivity contribution in [3.63, 3.8) is 0 Å². The zero-order chi connectivity index (χ0) is 17.2. The Morgan fingerprint density at radius 2 is 2.04 bits per heavy atom. The molecule has 2 rings (SSSR count). The number of fused-ring (bicyclic) bond motifs is 2. The van der Waals surface area contributed by atoms with Crippen molar-refractivity contribution < 1.29 is 36.7 Å². The number of nitrogens with zero attached hydrogens (tertiary/aromatic N) is 2. The molecule has 13 heteroatoms. The molecule has 0 aromatic rings. The third-order valence-corrected chi connectivity index (χ3v) is 3.78. The minimum absolute atomic E-state index is 0.0324. The molecule has 0 aromatic carbocycles. The Kier molecular flexibility index (Phi) is 5.03. The Balaban J connectivity index is 2.01. The summed E-state index contributed by atoms with van der Waals surface area (Å²) in [5.74, 6) is -0.735. The summed E-state index contributed by atoms with van der Waals surface area (Å²) in [5, 5.41) is 13.3. The molecule has 0 saturated carbocycles. The molecule has 2 saturated heterocycles. The summed E-state index contributed by atoms with van der Waals surface area (Å²) >= 11 is 0. The Bertz CT molecular complexity index is 608. The van der Waals surface area contributed by atoms with E-state index in [1.165, 1.54) is 0 Å². The minimum atomic E-state index is -4.86. The number of carbonyl (C=O) groups is 3. The smallest absolute Gasteiger partial charge is 0.395 e. The average molecular weight is 352 g/mol. The Morgan fingerprint density at radius 1 is 1.35 bits per heavy atom. The topological polar surface area (TPSA) is 166 Å². The molecule has 23 heavy (non-hydrogen) atoms. The molecule has 5 amide bonds. The van der Waals surface area contributed by atoms with E-state index in [1.807, 2.05) is 5.32 Å². The van der Waals surface area contributed by atoms with Crippen LogP contribution in [-0.4, -0.2) is 77.8 Å². The number of aliphatic hydroxyl groups excluding tert-OH is 1. The molecule has 2 atom stereocenters. The van der Waals surface area contributed by atoms with E-state index in [4.69, 9.17) is 9.66 Å². The lowest BCUT2D eigenvalue weighted by Gasteiger charge is -2.28. The van der Waals surface area contributed by atoms with Gasteiger partial charge in [-0.2, -0.15) is 13.5 Å². The van der Waals surface area contributed by atoms with Gasteiger partial charge in [0.2, 0.25) is 0 Å². The third-order valence-electron chi connectivity index (χ3n) is 3.43. The first-order valence-electron chi connectivity index (χ1n) is 6.69. The summed E-state index contributed by atoms with van der Waals surface area (Å²) in [6.07, 6.45) is 0.453. The second-order valence-corrected chi connectivity index (χ2v) is 5.98. The van der Waals surface area contributed by atoms with Crippen molar-refractivity contribution in [2.75, 3.05) is 19.7 Å². The van der Waals surface area contributed by atoms with Crippen LogP contribution in [0.4, 0.5) is 9.59 Å². The van der Waals surface area contributed by atoms with Crippen LogP contribution in [0.25, 0.3) is 0 Å². The van der Waals surface area contributed by atoms with Crippen molar-refractivity contribution in [3.05, 3.63) is 0 Å². The molecule has 12 nitrogen and oxygen atoms in total. The predicted molar refractivity (Wildman–Crippen MR) is 72.0 cm³/mol. The fourth-order valence-electron chi connectivity index (χ4n) is 2.51. The number of amides is 5. The van der Waals surface area contributed by atoms with E-state index < -0.39 is 40.5 Å². The SMILES string of the molecule is O=C(NCCO)NC(=O)C1CCC2CN1C(=O)N2OS(=O)(=O)O. The first-order valence-corrected chi connectivity index (χ1v) is 8.06. The number of piperidine rings is 1. The molecule has 2 aliphatic rings. The summed E-state index contributed by atoms with van der Waals surface area (Å²) in [4.78, 5) is 36.6. The van der Waals surface area contributed by atoms with Crippen molar-refractivity contribution in [2.24, 2.45) is 0 Å². The summed E-state index contributed by atoms with van der Waals surface area (Å²) < 4.78 is 34.4. The van der Waals surface area contributed by atoms with Gasteiger partial charge in [-0.15, -0.1) is 4.28 Å². The number of hydroxylamine groups is 2. The van der Waals surface area contributed by atoms with Gasteiger partial charge < -0.3 is 15.3 Å². The zero-order valence-corrected chi connectivity index (χ0v) is 12.7. The van der Waals surface area contributed by atoms with Crippen LogP contribution in [0.2, 0.25) is 0 Å². The number of imide groups is 1. The van der Waals surface area contributed by atoms with Gasteiger partial charge in [-0.05, 0) is 12.8 Å². The van der Waals surface area contributed by atoms with Crippen LogP contribution in [0.1, 0.15) is 12.8 Å². The maximum Gasteiger partial charge on any atom is 0.418 e. The lowest BCUT2D eigenvalue weighted by molar-refractivity contribution is -0.124. The molecular formula is C10H16N4O8S. The minimum Gasteiger partial charge on any atom is -0.395 e. The van der Waals surface area contributed by atoms with Crippen LogP contribution >= 0.6 is 0 Å². The lowest BCUT2D eigenvalue weighted by atomic mass is 10.0. The number of urea groups is 2. The summed E-state index contributed by atoms with van der Waals surface area (Å²) in [6.45, 7) is -0.297. The molecule has 2 fully saturated rings. The van der Waals surface area contributed by atoms with Gasteiger partial charge in [-0.1, -0.05) is 0 Å². The zero-order valence-electron chi connectivity index (χ0n) is 11.8. The van der Waals surface area contributed by atoms with Gasteiger partial charge in [0, 0.05) is 13.1 Å². The van der Waals surface area contributed by atoms with Crippen LogP contribution in [0.15, 0.2) is 0 Å². The first-order chi connectivity index (χ1) is 10.7. The molecule has 4 N–H and O–H groups in total. The molecule has 2 bridgehead atoms. The molecule has 2 unspecified atom stereocenters. The van der Waals surface area contributed by atoms with Gasteiger partial charge in [0.05, 0.1) is 12.6 Å². The highest BCUT2D eigenvalue weighted by molar-refractivity contribution is 7.80. The molecule has 0 radical (unpaired) electrons. The Labute approximate surface area is 131 Å². The number of hydrogen-bond acceptors (Lipinski definition) is 7. The van der Waals surface area contributed by atoms with Crippen LogP contribution in [0.5, 0.6) is 0 Å². The fraction of sp³-hybridized carbons (Fsp3) is 0.700. The lowest BCUT2D eigenvalue weighted by Crippen LogP contribution is -2.53. The van der Waals surface area contributed by atoms with Crippen molar-refractivity contribution in [1.82, 2.24) is 20.6 Å². The Morgan fingerprint density at radius 3 is 2.65 bits per heavy atom. The monoisotopic (exact) mass is 352 g/mol. The molecule has 2 aliphatic heterocycles. The van der Waals surface area contributed by atoms with Gasteiger partial charge in [-0.3, -0.25) is 14.7 Å². The maximum absolute atomic E-state index is 12.1. The van der Waals surface area contributed by atoms with E-state index in [0.717, 1.165) is 4.90 Å². The van der Waals surface area contributed by atoms with E-state index in [2.05, 4.69) is 9.60 Å². The summed E-state index contributed by atoms with van der Waals surface area (Å²) in [6, 6.07) is -3.28. The van der Waals surface area contributed by atoms with Gasteiger partial charge in [0.15, 0.2) is 0 Å². The van der Waals surface area contributed by atoms with Gasteiger partial charge >= 0.3 is 22.5 Å². The van der Waals surface area contributed by atoms with E-state index >= 15 is 0 Å². The molecule has 2 heterocycles. The van der Waals surface area contributed by atoms with Crippen molar-refractivity contribution in [2.45, 2.75) is 24.9 Å². The van der Waals surface area contributed by atoms with Crippen LogP contribution in [0, 0.1) is 0 Å². The van der Waals surface area contributed by atoms with E-state index in [-0.39, 0.29) is 32.5 Å². The number of carbonyl (C=O) groups excluding carboxylic acids is 3. The normalized spacial score (nSPS) is 23.8. The van der Waals surface area contributed by atoms with Gasteiger partial charge in [-0.25, -0.2) is 9.59 Å². The number of rotatable bonds is 5. The molecule has 0 spiro atoms. The van der Waals surface area contributed by atoms with Crippen LogP contribution in [-0.2, 0) is 19.5 Å². The first kappa shape index (κ1) is 17.4. The number of aliphatic hydroxyl groups is 1. The van der Waals surface area contributed by atoms with Gasteiger partial charge in [0.25, 0.3) is 5.91 Å². The Hall–Kier alpha value is -1.96. The van der Waals surface area contributed by atoms with Crippen LogP contribution < -0.4 is 10.6 Å². The molecule has 0 aromatic heterocycles. The largest absolute Gasteiger partial charge is 0.418 e. The summed E-state index contributed by atoms with van der Waals surface area (Å²) in [7, 11) is -4.86. The average Bonchev–Trinajstić information content (AvgIpc) is 2.68. The van der Waals surface area contributed by atoms with E-state index in [9.17, 15) is 22.8 Å². The molecular weight excluding hydrogens is 336 g/mol. The fourth-order valence-corrected chi connectivity index (χ4v) is 2.90. The third kappa shape index (κ3) is 4.07. The highest BCUT2D eigenvalue weighted by atomic mass is 32.3. The number of hydrogen-bond donors (Lipinski definition) is 4. The highest BCUT2D eigenvalue weighted by Crippen LogP contribution is 2.30. The van der Waals surface area contributed by atoms with Crippen molar-refractivity contribution >= 4 is 28.4 Å². The summed E-state index contributed by atoms with van der Waals surface area (Å²) in [5.41, 5.74) is 0. The van der Waals surface area contributed by atoms with Crippen LogP contribution in [0.3, 0.4) is 0 Å². The predicted octanol–water partition coefficient (Wildman–Crippen LogP) is -2.19. The number of nitrogens with one attached hydrogen (secondary N) is 2. The van der Waals surface area contributed by atoms with Crippen molar-refractivity contribution in [3.8, 4) is 0 Å². The van der Waals surface area contributed by atoms with Gasteiger partial charge in [0.1, 0.15) is 6.04 Å². The molecule has 0 aliphatic carbocycles. The highest BCUT2D eigenvalue weighted by Gasteiger charge is 2.49. The van der Waals surface area contributed by atoms with E-state index in [0.29, 0.717) is 5.06 Å². The maximum atomic E-state index is 12.1. The van der Waals surface area contributed by atoms with E-state index in [1.54, 1.807) is 0 Å². The quantitative estimate of drug-likeness (QED) is 0.405. The molecule has 130 valence electrons. The van der Waals surface area contributed by atoms with Crippen molar-refractivity contribution in [1.29, 1.82) is 0 Å². The standard InChI is InChI=1S/C10H16N4O8S/c15-4-3-11-9(17)12-8(16)7-2-1-6-5-13(7)10(18)14(6)22-23(19,20)21/h6-7,15H,1-5H2,(H,19,20,21)(H2,11,12,16,17).